The molecule has 2 N–H and O–H groups in total. The van der Waals surface area contributed by atoms with Crippen LogP contribution in [0.1, 0.15) is 29.3 Å². The van der Waals surface area contributed by atoms with Gasteiger partial charge in [-0.15, -0.1) is 0 Å². The molecule has 0 atom stereocenters. The zero-order valence-electron chi connectivity index (χ0n) is 9.51. The molecule has 1 aromatic rings. The van der Waals surface area contributed by atoms with Crippen LogP contribution in [0.4, 0.5) is 0 Å². The van der Waals surface area contributed by atoms with E-state index >= 15 is 0 Å². The van der Waals surface area contributed by atoms with Crippen molar-refractivity contribution < 1.29 is 14.7 Å². The van der Waals surface area contributed by atoms with Crippen molar-refractivity contribution in [3.63, 3.8) is 0 Å². The summed E-state index contributed by atoms with van der Waals surface area (Å²) in [6, 6.07) is 1.55. The molecule has 0 saturated carbocycles. The summed E-state index contributed by atoms with van der Waals surface area (Å²) < 4.78 is 0. The summed E-state index contributed by atoms with van der Waals surface area (Å²) in [5.74, 6) is -1.06. The van der Waals surface area contributed by atoms with Gasteiger partial charge in [0.25, 0.3) is 0 Å². The Balaban J connectivity index is 2.50. The first-order valence-electron chi connectivity index (χ1n) is 5.19. The summed E-state index contributed by atoms with van der Waals surface area (Å²) in [6.07, 6.45) is 7.22. The minimum Gasteiger partial charge on any atom is -0.478 e. The normalized spacial score (nSPS) is 10.4. The minimum atomic E-state index is -0.994. The van der Waals surface area contributed by atoms with Gasteiger partial charge < -0.3 is 10.4 Å². The molecule has 0 bridgehead atoms. The van der Waals surface area contributed by atoms with Crippen molar-refractivity contribution in [2.24, 2.45) is 0 Å². The van der Waals surface area contributed by atoms with Crippen molar-refractivity contribution in [3.05, 3.63) is 35.7 Å². The van der Waals surface area contributed by atoms with Crippen LogP contribution in [0, 0.1) is 0 Å². The van der Waals surface area contributed by atoms with E-state index in [9.17, 15) is 9.59 Å². The predicted molar refractivity (Wildman–Crippen MR) is 63.5 cm³/mol. The number of carboxylic acid groups (broad SMARTS) is 1. The molecule has 0 spiro atoms. The van der Waals surface area contributed by atoms with Gasteiger partial charge in [-0.2, -0.15) is 0 Å². The fourth-order valence-electron chi connectivity index (χ4n) is 1.22. The Labute approximate surface area is 99.2 Å². The first-order valence-corrected chi connectivity index (χ1v) is 5.19. The van der Waals surface area contributed by atoms with E-state index in [0.29, 0.717) is 13.0 Å². The number of rotatable bonds is 5. The zero-order chi connectivity index (χ0) is 12.7. The third-order valence-electron chi connectivity index (χ3n) is 2.00. The van der Waals surface area contributed by atoms with Crippen LogP contribution in [0.15, 0.2) is 24.5 Å². The van der Waals surface area contributed by atoms with Crippen LogP contribution in [0.2, 0.25) is 0 Å². The highest BCUT2D eigenvalue weighted by Gasteiger charge is 2.01. The third-order valence-corrected chi connectivity index (χ3v) is 2.00. The van der Waals surface area contributed by atoms with Gasteiger partial charge in [0.05, 0.1) is 5.56 Å². The molecular weight excluding hydrogens is 220 g/mol. The lowest BCUT2D eigenvalue weighted by Gasteiger charge is -1.98. The van der Waals surface area contributed by atoms with Gasteiger partial charge in [-0.05, 0) is 18.1 Å². The number of hydrogen-bond donors (Lipinski definition) is 2. The van der Waals surface area contributed by atoms with E-state index in [4.69, 9.17) is 5.11 Å². The van der Waals surface area contributed by atoms with Crippen molar-refractivity contribution in [2.75, 3.05) is 6.54 Å². The summed E-state index contributed by atoms with van der Waals surface area (Å²) >= 11 is 0. The molecule has 0 saturated heterocycles. The maximum Gasteiger partial charge on any atom is 0.337 e. The number of carboxylic acids is 1. The highest BCUT2D eigenvalue weighted by Crippen LogP contribution is 2.05. The topological polar surface area (TPSA) is 79.3 Å². The number of carbonyl (C=O) groups is 2. The number of aromatic carboxylic acids is 1. The second kappa shape index (κ2) is 6.42. The van der Waals surface area contributed by atoms with Crippen LogP contribution < -0.4 is 5.32 Å². The molecule has 0 aliphatic heterocycles. The lowest BCUT2D eigenvalue weighted by molar-refractivity contribution is -0.118. The number of aromatic nitrogens is 1. The van der Waals surface area contributed by atoms with Gasteiger partial charge in [-0.25, -0.2) is 4.79 Å². The lowest BCUT2D eigenvalue weighted by Crippen LogP contribution is -2.20. The lowest BCUT2D eigenvalue weighted by atomic mass is 10.2. The van der Waals surface area contributed by atoms with Crippen LogP contribution in [-0.2, 0) is 4.79 Å². The number of nitrogens with one attached hydrogen (secondary N) is 1. The Bertz CT molecular complexity index is 441. The van der Waals surface area contributed by atoms with Gasteiger partial charge in [-0.3, -0.25) is 9.78 Å². The number of carbonyl (C=O) groups excluding carboxylic acids is 1. The highest BCUT2D eigenvalue weighted by molar-refractivity contribution is 5.87. The smallest absolute Gasteiger partial charge is 0.337 e. The molecule has 1 heterocycles. The van der Waals surface area contributed by atoms with Gasteiger partial charge in [0.15, 0.2) is 0 Å². The van der Waals surface area contributed by atoms with E-state index in [-0.39, 0.29) is 11.5 Å². The molecule has 0 aromatic carbocycles. The van der Waals surface area contributed by atoms with Crippen LogP contribution in [0.5, 0.6) is 0 Å². The van der Waals surface area contributed by atoms with E-state index in [0.717, 1.165) is 5.56 Å². The van der Waals surface area contributed by atoms with Gasteiger partial charge in [-0.1, -0.05) is 12.2 Å². The van der Waals surface area contributed by atoms with Gasteiger partial charge in [0.2, 0.25) is 5.91 Å². The molecule has 1 rings (SSSR count). The molecule has 90 valence electrons. The zero-order valence-corrected chi connectivity index (χ0v) is 9.51. The van der Waals surface area contributed by atoms with Crippen molar-refractivity contribution in [1.82, 2.24) is 10.3 Å². The molecule has 1 amide bonds. The van der Waals surface area contributed by atoms with E-state index in [2.05, 4.69) is 10.3 Å². The average molecular weight is 234 g/mol. The SMILES string of the molecule is CC(=O)NCCC=Cc1cncc(C(=O)O)c1. The maximum atomic E-state index is 10.7. The highest BCUT2D eigenvalue weighted by atomic mass is 16.4. The van der Waals surface area contributed by atoms with Gasteiger partial charge >= 0.3 is 5.97 Å². The van der Waals surface area contributed by atoms with E-state index < -0.39 is 5.97 Å². The summed E-state index contributed by atoms with van der Waals surface area (Å²) in [4.78, 5) is 25.1. The molecule has 5 nitrogen and oxygen atoms in total. The second-order valence-electron chi connectivity index (χ2n) is 3.49. The van der Waals surface area contributed by atoms with Crippen molar-refractivity contribution in [2.45, 2.75) is 13.3 Å². The summed E-state index contributed by atoms with van der Waals surface area (Å²) in [6.45, 7) is 2.03. The molecule has 0 unspecified atom stereocenters. The van der Waals surface area contributed by atoms with E-state index in [1.54, 1.807) is 18.3 Å². The fourth-order valence-corrected chi connectivity index (χ4v) is 1.22. The number of nitrogens with zero attached hydrogens (tertiary/aromatic N) is 1. The third kappa shape index (κ3) is 4.92. The van der Waals surface area contributed by atoms with Gasteiger partial charge in [0, 0.05) is 25.9 Å². The van der Waals surface area contributed by atoms with Crippen LogP contribution in [0.3, 0.4) is 0 Å². The molecule has 5 heteroatoms. The molecular formula is C12H14N2O3. The van der Waals surface area contributed by atoms with Gasteiger partial charge in [0.1, 0.15) is 0 Å². The summed E-state index contributed by atoms with van der Waals surface area (Å²) in [5.41, 5.74) is 0.890. The van der Waals surface area contributed by atoms with Crippen LogP contribution in [-0.4, -0.2) is 28.5 Å². The quantitative estimate of drug-likeness (QED) is 0.753. The minimum absolute atomic E-state index is 0.0621. The molecule has 0 aliphatic carbocycles. The monoisotopic (exact) mass is 234 g/mol. The Morgan fingerprint density at radius 2 is 2.24 bits per heavy atom. The molecule has 0 fully saturated rings. The Hall–Kier alpha value is -2.17. The summed E-state index contributed by atoms with van der Waals surface area (Å²) in [5, 5.41) is 11.4. The van der Waals surface area contributed by atoms with Crippen LogP contribution in [0.25, 0.3) is 6.08 Å². The largest absolute Gasteiger partial charge is 0.478 e. The summed E-state index contributed by atoms with van der Waals surface area (Å²) in [7, 11) is 0. The molecule has 1 aromatic heterocycles. The number of amides is 1. The first-order chi connectivity index (χ1) is 8.09. The first kappa shape index (κ1) is 12.9. The Kier molecular flexibility index (Phi) is 4.87. The average Bonchev–Trinajstić information content (AvgIpc) is 2.28. The van der Waals surface area contributed by atoms with Crippen LogP contribution >= 0.6 is 0 Å². The van der Waals surface area contributed by atoms with Crippen molar-refractivity contribution in [1.29, 1.82) is 0 Å². The number of pyridine rings is 1. The second-order valence-corrected chi connectivity index (χ2v) is 3.49. The Morgan fingerprint density at radius 1 is 1.47 bits per heavy atom. The maximum absolute atomic E-state index is 10.7. The fraction of sp³-hybridized carbons (Fsp3) is 0.250. The van der Waals surface area contributed by atoms with E-state index in [1.165, 1.54) is 13.1 Å². The molecule has 0 aliphatic rings. The van der Waals surface area contributed by atoms with Crippen molar-refractivity contribution in [3.8, 4) is 0 Å². The predicted octanol–water partition coefficient (Wildman–Crippen LogP) is 1.32. The van der Waals surface area contributed by atoms with E-state index in [1.807, 2.05) is 6.08 Å². The standard InChI is InChI=1S/C12H14N2O3/c1-9(15)14-5-3-2-4-10-6-11(12(16)17)8-13-7-10/h2,4,6-8H,3,5H2,1H3,(H,14,15)(H,16,17). The number of hydrogen-bond acceptors (Lipinski definition) is 3. The Morgan fingerprint density at radius 3 is 2.88 bits per heavy atom. The van der Waals surface area contributed by atoms with Crippen molar-refractivity contribution >= 4 is 18.0 Å². The molecule has 17 heavy (non-hydrogen) atoms. The molecule has 0 radical (unpaired) electrons.